The smallest absolute Gasteiger partial charge is 0.292 e. The first-order valence-electron chi connectivity index (χ1n) is 7.19. The molecule has 0 aromatic heterocycles. The molecule has 1 aliphatic heterocycles. The first kappa shape index (κ1) is 15.0. The second-order valence-electron chi connectivity index (χ2n) is 5.23. The lowest BCUT2D eigenvalue weighted by Crippen LogP contribution is -2.62. The number of fused-ring (bicyclic) bond motifs is 1. The second kappa shape index (κ2) is 5.72. The van der Waals surface area contributed by atoms with Gasteiger partial charge in [-0.1, -0.05) is 48.5 Å². The summed E-state index contributed by atoms with van der Waals surface area (Å²) in [6.07, 6.45) is 0.527. The van der Waals surface area contributed by atoms with Crippen LogP contribution in [0.25, 0.3) is 0 Å². The van der Waals surface area contributed by atoms with E-state index in [4.69, 9.17) is 18.9 Å². The molecule has 1 heterocycles. The van der Waals surface area contributed by atoms with E-state index in [2.05, 4.69) is 0 Å². The summed E-state index contributed by atoms with van der Waals surface area (Å²) in [4.78, 5) is 0. The monoisotopic (exact) mass is 300 g/mol. The summed E-state index contributed by atoms with van der Waals surface area (Å²) in [6.45, 7) is 0. The predicted octanol–water partition coefficient (Wildman–Crippen LogP) is 3.11. The van der Waals surface area contributed by atoms with Gasteiger partial charge in [-0.25, -0.2) is 0 Å². The molecule has 22 heavy (non-hydrogen) atoms. The van der Waals surface area contributed by atoms with Crippen molar-refractivity contribution in [1.29, 1.82) is 0 Å². The summed E-state index contributed by atoms with van der Waals surface area (Å²) >= 11 is 0. The fourth-order valence-electron chi connectivity index (χ4n) is 3.10. The number of hydrogen-bond acceptors (Lipinski definition) is 4. The first-order valence-corrected chi connectivity index (χ1v) is 7.19. The fraction of sp³-hybridized carbons (Fsp3) is 0.333. The van der Waals surface area contributed by atoms with E-state index in [1.807, 2.05) is 54.6 Å². The molecule has 1 atom stereocenters. The lowest BCUT2D eigenvalue weighted by molar-refractivity contribution is -0.384. The van der Waals surface area contributed by atoms with Crippen LogP contribution < -0.4 is 4.74 Å². The average Bonchev–Trinajstić information content (AvgIpc) is 2.61. The van der Waals surface area contributed by atoms with Gasteiger partial charge in [0.1, 0.15) is 5.75 Å². The topological polar surface area (TPSA) is 36.9 Å². The summed E-state index contributed by atoms with van der Waals surface area (Å²) < 4.78 is 23.7. The minimum absolute atomic E-state index is 0.527. The summed E-state index contributed by atoms with van der Waals surface area (Å²) in [6, 6.07) is 17.6. The fourth-order valence-corrected chi connectivity index (χ4v) is 3.10. The second-order valence-corrected chi connectivity index (χ2v) is 5.23. The van der Waals surface area contributed by atoms with E-state index in [1.165, 1.54) is 0 Å². The van der Waals surface area contributed by atoms with Crippen LogP contribution in [0.15, 0.2) is 54.6 Å². The zero-order chi connectivity index (χ0) is 15.6. The Balaban J connectivity index is 2.21. The third-order valence-corrected chi connectivity index (χ3v) is 4.25. The summed E-state index contributed by atoms with van der Waals surface area (Å²) in [5.41, 5.74) is 1.87. The van der Waals surface area contributed by atoms with Crippen LogP contribution in [-0.4, -0.2) is 27.1 Å². The Morgan fingerprint density at radius 1 is 0.818 bits per heavy atom. The van der Waals surface area contributed by atoms with Crippen LogP contribution in [0.2, 0.25) is 0 Å². The highest BCUT2D eigenvalue weighted by Crippen LogP contribution is 2.48. The van der Waals surface area contributed by atoms with Gasteiger partial charge in [-0.2, -0.15) is 0 Å². The molecule has 2 aromatic rings. The minimum atomic E-state index is -1.17. The molecule has 0 bridgehead atoms. The van der Waals surface area contributed by atoms with Crippen molar-refractivity contribution in [2.24, 2.45) is 0 Å². The van der Waals surface area contributed by atoms with Crippen molar-refractivity contribution in [3.63, 3.8) is 0 Å². The SMILES string of the molecule is COC1(OC)Cc2ccccc2OC1(OC)c1ccccc1. The van der Waals surface area contributed by atoms with Crippen molar-refractivity contribution in [2.45, 2.75) is 18.0 Å². The van der Waals surface area contributed by atoms with Crippen molar-refractivity contribution in [3.8, 4) is 5.75 Å². The van der Waals surface area contributed by atoms with Gasteiger partial charge < -0.3 is 18.9 Å². The molecular formula is C18H20O4. The molecule has 0 radical (unpaired) electrons. The Kier molecular flexibility index (Phi) is 3.91. The van der Waals surface area contributed by atoms with Gasteiger partial charge in [0.25, 0.3) is 5.79 Å². The molecule has 2 aromatic carbocycles. The molecule has 0 amide bonds. The molecule has 3 rings (SSSR count). The molecule has 116 valence electrons. The molecule has 0 saturated carbocycles. The predicted molar refractivity (Wildman–Crippen MR) is 82.7 cm³/mol. The van der Waals surface area contributed by atoms with Crippen molar-refractivity contribution < 1.29 is 18.9 Å². The number of rotatable bonds is 4. The van der Waals surface area contributed by atoms with Crippen molar-refractivity contribution in [3.05, 3.63) is 65.7 Å². The summed E-state index contributed by atoms with van der Waals surface area (Å²) in [5, 5.41) is 0. The molecule has 1 aliphatic rings. The van der Waals surface area contributed by atoms with Crippen LogP contribution in [0.5, 0.6) is 5.75 Å². The van der Waals surface area contributed by atoms with E-state index >= 15 is 0 Å². The van der Waals surface area contributed by atoms with Gasteiger partial charge in [-0.3, -0.25) is 0 Å². The van der Waals surface area contributed by atoms with E-state index in [-0.39, 0.29) is 0 Å². The van der Waals surface area contributed by atoms with E-state index in [9.17, 15) is 0 Å². The van der Waals surface area contributed by atoms with Crippen LogP contribution in [-0.2, 0) is 26.4 Å². The van der Waals surface area contributed by atoms with Gasteiger partial charge in [-0.15, -0.1) is 0 Å². The third kappa shape index (κ3) is 2.03. The largest absolute Gasteiger partial charge is 0.452 e. The van der Waals surface area contributed by atoms with Crippen LogP contribution in [0.3, 0.4) is 0 Å². The lowest BCUT2D eigenvalue weighted by Gasteiger charge is -2.49. The highest BCUT2D eigenvalue weighted by Gasteiger charge is 2.60. The lowest BCUT2D eigenvalue weighted by atomic mass is 9.87. The first-order chi connectivity index (χ1) is 10.7. The van der Waals surface area contributed by atoms with Crippen molar-refractivity contribution in [2.75, 3.05) is 21.3 Å². The summed E-state index contributed by atoms with van der Waals surface area (Å²) in [5.74, 6) is -1.47. The van der Waals surface area contributed by atoms with Crippen LogP contribution in [0.4, 0.5) is 0 Å². The molecule has 0 spiro atoms. The molecule has 0 aliphatic carbocycles. The molecule has 0 saturated heterocycles. The van der Waals surface area contributed by atoms with Crippen LogP contribution >= 0.6 is 0 Å². The normalized spacial score (nSPS) is 22.7. The van der Waals surface area contributed by atoms with Gasteiger partial charge in [0, 0.05) is 33.3 Å². The number of ether oxygens (including phenoxy) is 4. The standard InChI is InChI=1S/C18H20O4/c1-19-17(20-2)13-14-9-7-8-12-16(14)22-18(17,21-3)15-10-5-4-6-11-15/h4-12H,13H2,1-3H3. The van der Waals surface area contributed by atoms with Crippen molar-refractivity contribution >= 4 is 0 Å². The van der Waals surface area contributed by atoms with Crippen molar-refractivity contribution in [1.82, 2.24) is 0 Å². The maximum absolute atomic E-state index is 6.28. The maximum atomic E-state index is 6.28. The number of methoxy groups -OCH3 is 3. The molecule has 4 heteroatoms. The highest BCUT2D eigenvalue weighted by molar-refractivity contribution is 5.40. The molecule has 0 fully saturated rings. The molecule has 4 nitrogen and oxygen atoms in total. The van der Waals surface area contributed by atoms with Gasteiger partial charge in [-0.05, 0) is 11.6 Å². The van der Waals surface area contributed by atoms with Gasteiger partial charge in [0.15, 0.2) is 0 Å². The average molecular weight is 300 g/mol. The quantitative estimate of drug-likeness (QED) is 0.813. The van der Waals surface area contributed by atoms with Gasteiger partial charge >= 0.3 is 0 Å². The Hall–Kier alpha value is -1.88. The van der Waals surface area contributed by atoms with E-state index in [1.54, 1.807) is 21.3 Å². The molecule has 0 N–H and O–H groups in total. The third-order valence-electron chi connectivity index (χ3n) is 4.25. The summed E-state index contributed by atoms with van der Waals surface area (Å²) in [7, 11) is 4.82. The Labute approximate surface area is 130 Å². The molecular weight excluding hydrogens is 280 g/mol. The van der Waals surface area contributed by atoms with Gasteiger partial charge in [0.05, 0.1) is 0 Å². The van der Waals surface area contributed by atoms with E-state index in [0.29, 0.717) is 6.42 Å². The maximum Gasteiger partial charge on any atom is 0.292 e. The number of benzene rings is 2. The molecule has 1 unspecified atom stereocenters. The van der Waals surface area contributed by atoms with Crippen LogP contribution in [0, 0.1) is 0 Å². The Morgan fingerprint density at radius 3 is 2.09 bits per heavy atom. The van der Waals surface area contributed by atoms with Gasteiger partial charge in [0.2, 0.25) is 5.79 Å². The minimum Gasteiger partial charge on any atom is -0.452 e. The Bertz CT molecular complexity index is 637. The Morgan fingerprint density at radius 2 is 1.45 bits per heavy atom. The number of hydrogen-bond donors (Lipinski definition) is 0. The highest BCUT2D eigenvalue weighted by atomic mass is 16.8. The zero-order valence-electron chi connectivity index (χ0n) is 13.0. The zero-order valence-corrected chi connectivity index (χ0v) is 13.0. The number of para-hydroxylation sites is 1. The van der Waals surface area contributed by atoms with E-state index < -0.39 is 11.6 Å². The van der Waals surface area contributed by atoms with Crippen LogP contribution in [0.1, 0.15) is 11.1 Å². The van der Waals surface area contributed by atoms with E-state index in [0.717, 1.165) is 16.9 Å².